The number of carboxylic acid groups (broad SMARTS) is 1. The molecular weight excluding hydrogens is 343 g/mol. The van der Waals surface area contributed by atoms with Gasteiger partial charge in [0.1, 0.15) is 0 Å². The smallest absolute Gasteiger partial charge is 0.396 e. The lowest BCUT2D eigenvalue weighted by atomic mass is 9.94. The maximum Gasteiger partial charge on any atom is 0.396 e. The Labute approximate surface area is 142 Å². The third kappa shape index (κ3) is 4.90. The number of carbonyl (C=O) groups excluding carboxylic acids is 1. The first-order valence-corrected chi connectivity index (χ1v) is 8.65. The van der Waals surface area contributed by atoms with Crippen LogP contribution in [0.1, 0.15) is 24.3 Å². The normalized spacial score (nSPS) is 19.8. The molecular formula is C16H18F3NO3S. The number of nitrogens with zero attached hydrogens (tertiary/aromatic N) is 1. The molecule has 1 aromatic carbocycles. The van der Waals surface area contributed by atoms with Gasteiger partial charge in [-0.05, 0) is 5.56 Å². The summed E-state index contributed by atoms with van der Waals surface area (Å²) in [5, 5.41) is 8.93. The molecule has 8 heteroatoms. The van der Waals surface area contributed by atoms with E-state index in [0.29, 0.717) is 11.5 Å². The Balaban J connectivity index is 2.16. The molecule has 0 bridgehead atoms. The van der Waals surface area contributed by atoms with Crippen LogP contribution in [0.5, 0.6) is 0 Å². The number of alkyl halides is 3. The van der Waals surface area contributed by atoms with Crippen molar-refractivity contribution < 1.29 is 27.9 Å². The second-order valence-electron chi connectivity index (χ2n) is 5.62. The SMILES string of the molecule is O=C(O)CC1CSCCN1C(=O)CC(c1ccccc1)C(F)(F)F. The van der Waals surface area contributed by atoms with E-state index < -0.39 is 36.4 Å². The van der Waals surface area contributed by atoms with E-state index in [2.05, 4.69) is 0 Å². The van der Waals surface area contributed by atoms with Crippen molar-refractivity contribution in [2.45, 2.75) is 31.0 Å². The molecule has 1 fully saturated rings. The zero-order valence-corrected chi connectivity index (χ0v) is 13.6. The molecule has 24 heavy (non-hydrogen) atoms. The molecule has 1 N–H and O–H groups in total. The molecule has 1 heterocycles. The summed E-state index contributed by atoms with van der Waals surface area (Å²) in [6.07, 6.45) is -5.49. The topological polar surface area (TPSA) is 57.6 Å². The van der Waals surface area contributed by atoms with Gasteiger partial charge in [-0.15, -0.1) is 0 Å². The number of carbonyl (C=O) groups is 2. The molecule has 4 nitrogen and oxygen atoms in total. The predicted octanol–water partition coefficient (Wildman–Crippen LogP) is 3.14. The van der Waals surface area contributed by atoms with Crippen molar-refractivity contribution >= 4 is 23.6 Å². The van der Waals surface area contributed by atoms with Crippen LogP contribution in [-0.4, -0.2) is 52.2 Å². The fourth-order valence-electron chi connectivity index (χ4n) is 2.75. The van der Waals surface area contributed by atoms with Gasteiger partial charge < -0.3 is 10.0 Å². The van der Waals surface area contributed by atoms with Gasteiger partial charge in [-0.2, -0.15) is 24.9 Å². The lowest BCUT2D eigenvalue weighted by molar-refractivity contribution is -0.161. The molecule has 1 amide bonds. The summed E-state index contributed by atoms with van der Waals surface area (Å²) in [6.45, 7) is 0.279. The number of thioether (sulfide) groups is 1. The van der Waals surface area contributed by atoms with Crippen LogP contribution in [0.3, 0.4) is 0 Å². The monoisotopic (exact) mass is 361 g/mol. The molecule has 1 saturated heterocycles. The van der Waals surface area contributed by atoms with Crippen LogP contribution < -0.4 is 0 Å². The van der Waals surface area contributed by atoms with Gasteiger partial charge in [0.15, 0.2) is 0 Å². The minimum absolute atomic E-state index is 0.0412. The molecule has 2 unspecified atom stereocenters. The van der Waals surface area contributed by atoms with E-state index in [-0.39, 0.29) is 18.5 Å². The van der Waals surface area contributed by atoms with Gasteiger partial charge in [0.05, 0.1) is 18.4 Å². The Morgan fingerprint density at radius 3 is 2.54 bits per heavy atom. The summed E-state index contributed by atoms with van der Waals surface area (Å²) >= 11 is 1.51. The summed E-state index contributed by atoms with van der Waals surface area (Å²) in [4.78, 5) is 24.7. The highest BCUT2D eigenvalue weighted by Gasteiger charge is 2.43. The third-order valence-electron chi connectivity index (χ3n) is 3.93. The molecule has 132 valence electrons. The van der Waals surface area contributed by atoms with Crippen molar-refractivity contribution in [3.8, 4) is 0 Å². The fraction of sp³-hybridized carbons (Fsp3) is 0.500. The lowest BCUT2D eigenvalue weighted by Gasteiger charge is -2.35. The Hall–Kier alpha value is -1.70. The molecule has 0 aliphatic carbocycles. The number of aliphatic carboxylic acids is 1. The summed E-state index contributed by atoms with van der Waals surface area (Å²) < 4.78 is 40.1. The number of halogens is 3. The van der Waals surface area contributed by atoms with Crippen LogP contribution in [0.25, 0.3) is 0 Å². The minimum Gasteiger partial charge on any atom is -0.481 e. The Bertz CT molecular complexity index is 580. The van der Waals surface area contributed by atoms with Crippen LogP contribution in [-0.2, 0) is 9.59 Å². The van der Waals surface area contributed by atoms with Gasteiger partial charge in [-0.1, -0.05) is 30.3 Å². The van der Waals surface area contributed by atoms with Gasteiger partial charge >= 0.3 is 12.1 Å². The van der Waals surface area contributed by atoms with Crippen LogP contribution >= 0.6 is 11.8 Å². The van der Waals surface area contributed by atoms with Gasteiger partial charge in [0, 0.05) is 24.5 Å². The van der Waals surface area contributed by atoms with Crippen LogP contribution in [0.2, 0.25) is 0 Å². The van der Waals surface area contributed by atoms with Crippen molar-refractivity contribution in [1.29, 1.82) is 0 Å². The van der Waals surface area contributed by atoms with E-state index in [1.807, 2.05) is 0 Å². The van der Waals surface area contributed by atoms with Gasteiger partial charge in [-0.25, -0.2) is 0 Å². The molecule has 0 saturated carbocycles. The predicted molar refractivity (Wildman–Crippen MR) is 84.9 cm³/mol. The third-order valence-corrected chi connectivity index (χ3v) is 5.03. The first-order valence-electron chi connectivity index (χ1n) is 7.49. The molecule has 0 aromatic heterocycles. The van der Waals surface area contributed by atoms with E-state index in [4.69, 9.17) is 5.11 Å². The van der Waals surface area contributed by atoms with Crippen molar-refractivity contribution in [3.63, 3.8) is 0 Å². The summed E-state index contributed by atoms with van der Waals surface area (Å²) in [6, 6.07) is 6.77. The van der Waals surface area contributed by atoms with Crippen LogP contribution in [0, 0.1) is 0 Å². The first kappa shape index (κ1) is 18.6. The second kappa shape index (κ2) is 7.92. The van der Waals surface area contributed by atoms with E-state index in [9.17, 15) is 22.8 Å². The average Bonchev–Trinajstić information content (AvgIpc) is 2.52. The first-order chi connectivity index (χ1) is 11.3. The van der Waals surface area contributed by atoms with Crippen molar-refractivity contribution in [2.24, 2.45) is 0 Å². The summed E-state index contributed by atoms with van der Waals surface area (Å²) in [5.41, 5.74) is 0.0412. The summed E-state index contributed by atoms with van der Waals surface area (Å²) in [5.74, 6) is -2.56. The number of hydrogen-bond donors (Lipinski definition) is 1. The van der Waals surface area contributed by atoms with Crippen molar-refractivity contribution in [3.05, 3.63) is 35.9 Å². The number of hydrogen-bond acceptors (Lipinski definition) is 3. The quantitative estimate of drug-likeness (QED) is 0.875. The minimum atomic E-state index is -4.54. The highest BCUT2D eigenvalue weighted by molar-refractivity contribution is 7.99. The Kier molecular flexibility index (Phi) is 6.15. The van der Waals surface area contributed by atoms with Crippen LogP contribution in [0.15, 0.2) is 30.3 Å². The fourth-order valence-corrected chi connectivity index (χ4v) is 3.82. The number of rotatable bonds is 5. The molecule has 0 radical (unpaired) electrons. The highest BCUT2D eigenvalue weighted by atomic mass is 32.2. The molecule has 2 atom stereocenters. The van der Waals surface area contributed by atoms with Crippen molar-refractivity contribution in [1.82, 2.24) is 4.90 Å². The summed E-state index contributed by atoms with van der Waals surface area (Å²) in [7, 11) is 0. The van der Waals surface area contributed by atoms with E-state index >= 15 is 0 Å². The molecule has 1 aromatic rings. The standard InChI is InChI=1S/C16H18F3NO3S/c17-16(18,19)13(11-4-2-1-3-5-11)9-14(21)20-6-7-24-10-12(20)8-15(22)23/h1-5,12-13H,6-10H2,(H,22,23). The van der Waals surface area contributed by atoms with Gasteiger partial charge in [0.2, 0.25) is 5.91 Å². The van der Waals surface area contributed by atoms with Crippen LogP contribution in [0.4, 0.5) is 13.2 Å². The second-order valence-corrected chi connectivity index (χ2v) is 6.77. The largest absolute Gasteiger partial charge is 0.481 e. The number of benzene rings is 1. The Morgan fingerprint density at radius 2 is 1.96 bits per heavy atom. The number of carboxylic acids is 1. The zero-order valence-electron chi connectivity index (χ0n) is 12.8. The highest BCUT2D eigenvalue weighted by Crippen LogP contribution is 2.38. The zero-order chi connectivity index (χ0) is 17.7. The number of amides is 1. The van der Waals surface area contributed by atoms with Gasteiger partial charge in [0.25, 0.3) is 0 Å². The Morgan fingerprint density at radius 1 is 1.29 bits per heavy atom. The average molecular weight is 361 g/mol. The van der Waals surface area contributed by atoms with Crippen molar-refractivity contribution in [2.75, 3.05) is 18.1 Å². The van der Waals surface area contributed by atoms with E-state index in [0.717, 1.165) is 0 Å². The van der Waals surface area contributed by atoms with E-state index in [1.165, 1.54) is 40.9 Å². The molecule has 0 spiro atoms. The molecule has 2 rings (SSSR count). The van der Waals surface area contributed by atoms with E-state index in [1.54, 1.807) is 6.07 Å². The maximum absolute atomic E-state index is 13.4. The molecule has 1 aliphatic rings. The molecule has 1 aliphatic heterocycles. The van der Waals surface area contributed by atoms with Gasteiger partial charge in [-0.3, -0.25) is 9.59 Å². The lowest BCUT2D eigenvalue weighted by Crippen LogP contribution is -2.48. The maximum atomic E-state index is 13.4.